The summed E-state index contributed by atoms with van der Waals surface area (Å²) in [4.78, 5) is 24.3. The third-order valence-corrected chi connectivity index (χ3v) is 4.24. The van der Waals surface area contributed by atoms with Gasteiger partial charge in [0.2, 0.25) is 0 Å². The summed E-state index contributed by atoms with van der Waals surface area (Å²) in [5, 5.41) is 0.391. The fourth-order valence-electron chi connectivity index (χ4n) is 2.57. The molecule has 0 radical (unpaired) electrons. The molecule has 0 atom stereocenters. The molecule has 2 amide bonds. The van der Waals surface area contributed by atoms with E-state index in [1.54, 1.807) is 24.3 Å². The molecule has 0 fully saturated rings. The first kappa shape index (κ1) is 20.3. The van der Waals surface area contributed by atoms with E-state index in [9.17, 15) is 9.59 Å². The van der Waals surface area contributed by atoms with Gasteiger partial charge in [-0.15, -0.1) is 0 Å². The smallest absolute Gasteiger partial charge is 0.269 e. The van der Waals surface area contributed by atoms with Crippen LogP contribution in [0.25, 0.3) is 6.08 Å². The lowest BCUT2D eigenvalue weighted by Gasteiger charge is -2.19. The topological polar surface area (TPSA) is 95.1 Å². The predicted molar refractivity (Wildman–Crippen MR) is 107 cm³/mol. The molecule has 0 aliphatic carbocycles. The molecule has 0 saturated heterocycles. The summed E-state index contributed by atoms with van der Waals surface area (Å²) in [6.45, 7) is 0.862. The van der Waals surface area contributed by atoms with Crippen LogP contribution in [0.5, 0.6) is 23.0 Å². The van der Waals surface area contributed by atoms with E-state index < -0.39 is 11.8 Å². The quantitative estimate of drug-likeness (QED) is 0.572. The summed E-state index contributed by atoms with van der Waals surface area (Å²) in [5.74, 6) is 0.863. The zero-order valence-corrected chi connectivity index (χ0v) is 16.5. The van der Waals surface area contributed by atoms with Crippen molar-refractivity contribution < 1.29 is 28.5 Å². The molecule has 1 heterocycles. The number of methoxy groups -OCH3 is 2. The summed E-state index contributed by atoms with van der Waals surface area (Å²) in [7, 11) is 2.96. The van der Waals surface area contributed by atoms with Gasteiger partial charge in [-0.25, -0.2) is 0 Å². The van der Waals surface area contributed by atoms with Gasteiger partial charge in [-0.05, 0) is 35.9 Å². The molecule has 0 saturated carbocycles. The Bertz CT molecular complexity index is 938. The maximum absolute atomic E-state index is 12.3. The van der Waals surface area contributed by atoms with E-state index >= 15 is 0 Å². The Hall–Kier alpha value is -3.39. The van der Waals surface area contributed by atoms with Crippen molar-refractivity contribution in [2.45, 2.75) is 0 Å². The highest BCUT2D eigenvalue weighted by atomic mass is 35.5. The molecule has 29 heavy (non-hydrogen) atoms. The molecule has 0 aromatic heterocycles. The van der Waals surface area contributed by atoms with Gasteiger partial charge in [-0.1, -0.05) is 11.6 Å². The van der Waals surface area contributed by atoms with Crippen LogP contribution in [0.4, 0.5) is 0 Å². The third kappa shape index (κ3) is 5.11. The maximum Gasteiger partial charge on any atom is 0.269 e. The minimum absolute atomic E-state index is 0.268. The molecule has 2 aromatic carbocycles. The first-order chi connectivity index (χ1) is 14.0. The van der Waals surface area contributed by atoms with Crippen molar-refractivity contribution >= 4 is 29.5 Å². The van der Waals surface area contributed by atoms with Crippen molar-refractivity contribution in [3.05, 3.63) is 52.6 Å². The van der Waals surface area contributed by atoms with E-state index in [1.807, 2.05) is 0 Å². The molecule has 152 valence electrons. The van der Waals surface area contributed by atoms with Crippen LogP contribution >= 0.6 is 11.6 Å². The number of fused-ring (bicyclic) bond motifs is 1. The van der Waals surface area contributed by atoms with Gasteiger partial charge in [-0.3, -0.25) is 20.4 Å². The van der Waals surface area contributed by atoms with Crippen LogP contribution in [0, 0.1) is 0 Å². The number of carbonyl (C=O) groups is 2. The van der Waals surface area contributed by atoms with Crippen molar-refractivity contribution in [1.82, 2.24) is 10.9 Å². The van der Waals surface area contributed by atoms with Crippen molar-refractivity contribution in [3.8, 4) is 23.0 Å². The van der Waals surface area contributed by atoms with Gasteiger partial charge >= 0.3 is 0 Å². The summed E-state index contributed by atoms with van der Waals surface area (Å²) < 4.78 is 21.2. The minimum Gasteiger partial charge on any atom is -0.497 e. The average molecular weight is 419 g/mol. The first-order valence-corrected chi connectivity index (χ1v) is 8.98. The molecular weight excluding hydrogens is 400 g/mol. The second-order valence-electron chi connectivity index (χ2n) is 5.90. The zero-order valence-electron chi connectivity index (χ0n) is 15.8. The number of halogens is 1. The van der Waals surface area contributed by atoms with Crippen molar-refractivity contribution in [2.75, 3.05) is 27.4 Å². The van der Waals surface area contributed by atoms with Crippen LogP contribution in [0.15, 0.2) is 36.4 Å². The summed E-state index contributed by atoms with van der Waals surface area (Å²) in [6, 6.07) is 8.05. The number of hydrogen-bond acceptors (Lipinski definition) is 6. The largest absolute Gasteiger partial charge is 0.497 e. The lowest BCUT2D eigenvalue weighted by atomic mass is 10.1. The lowest BCUT2D eigenvalue weighted by Crippen LogP contribution is -2.40. The molecule has 1 aliphatic heterocycles. The second-order valence-corrected chi connectivity index (χ2v) is 6.31. The Kier molecular flexibility index (Phi) is 6.46. The molecule has 0 spiro atoms. The molecule has 9 heteroatoms. The van der Waals surface area contributed by atoms with E-state index in [0.717, 1.165) is 0 Å². The number of hydrazine groups is 1. The van der Waals surface area contributed by atoms with E-state index in [1.165, 1.54) is 32.4 Å². The maximum atomic E-state index is 12.3. The van der Waals surface area contributed by atoms with Crippen molar-refractivity contribution in [1.29, 1.82) is 0 Å². The lowest BCUT2D eigenvalue weighted by molar-refractivity contribution is -0.117. The van der Waals surface area contributed by atoms with Crippen LogP contribution in [-0.2, 0) is 4.79 Å². The van der Waals surface area contributed by atoms with Crippen LogP contribution in [0.2, 0.25) is 5.02 Å². The molecule has 8 nitrogen and oxygen atoms in total. The number of benzene rings is 2. The SMILES string of the molecule is COc1cc(OC)cc(C(=O)NNC(=O)/C=C/c2cc(Cl)c3c(c2)OCCO3)c1. The predicted octanol–water partition coefficient (Wildman–Crippen LogP) is 2.60. The Labute approximate surface area is 172 Å². The Morgan fingerprint density at radius 2 is 1.69 bits per heavy atom. The Morgan fingerprint density at radius 3 is 2.38 bits per heavy atom. The normalized spacial score (nSPS) is 12.4. The molecule has 3 rings (SSSR count). The van der Waals surface area contributed by atoms with Crippen LogP contribution in [0.3, 0.4) is 0 Å². The fraction of sp³-hybridized carbons (Fsp3) is 0.200. The van der Waals surface area contributed by atoms with E-state index in [4.69, 9.17) is 30.5 Å². The van der Waals surface area contributed by atoms with E-state index in [2.05, 4.69) is 10.9 Å². The average Bonchev–Trinajstić information content (AvgIpc) is 2.75. The van der Waals surface area contributed by atoms with Gasteiger partial charge in [0.25, 0.3) is 11.8 Å². The van der Waals surface area contributed by atoms with Gasteiger partial charge in [0.15, 0.2) is 11.5 Å². The number of ether oxygens (including phenoxy) is 4. The monoisotopic (exact) mass is 418 g/mol. The number of rotatable bonds is 5. The molecule has 0 unspecified atom stereocenters. The number of amides is 2. The second kappa shape index (κ2) is 9.20. The van der Waals surface area contributed by atoms with Gasteiger partial charge < -0.3 is 18.9 Å². The van der Waals surface area contributed by atoms with Crippen LogP contribution < -0.4 is 29.8 Å². The highest BCUT2D eigenvalue weighted by molar-refractivity contribution is 6.32. The van der Waals surface area contributed by atoms with Crippen molar-refractivity contribution in [2.24, 2.45) is 0 Å². The van der Waals surface area contributed by atoms with Crippen LogP contribution in [0.1, 0.15) is 15.9 Å². The van der Waals surface area contributed by atoms with E-state index in [-0.39, 0.29) is 5.56 Å². The third-order valence-electron chi connectivity index (χ3n) is 3.96. The standard InChI is InChI=1S/C20H19ClN2O6/c1-26-14-9-13(10-15(11-14)27-2)20(25)23-22-18(24)4-3-12-7-16(21)19-17(8-12)28-5-6-29-19/h3-4,7-11H,5-6H2,1-2H3,(H,22,24)(H,23,25)/b4-3+. The number of carbonyl (C=O) groups excluding carboxylic acids is 2. The highest BCUT2D eigenvalue weighted by Crippen LogP contribution is 2.38. The summed E-state index contributed by atoms with van der Waals surface area (Å²) >= 11 is 6.17. The minimum atomic E-state index is -0.528. The van der Waals surface area contributed by atoms with Gasteiger partial charge in [-0.2, -0.15) is 0 Å². The van der Waals surface area contributed by atoms with Crippen molar-refractivity contribution in [3.63, 3.8) is 0 Å². The van der Waals surface area contributed by atoms with Gasteiger partial charge in [0.05, 0.1) is 19.2 Å². The Morgan fingerprint density at radius 1 is 1.00 bits per heavy atom. The molecule has 0 bridgehead atoms. The van der Waals surface area contributed by atoms with Crippen LogP contribution in [-0.4, -0.2) is 39.2 Å². The molecule has 2 N–H and O–H groups in total. The number of nitrogens with one attached hydrogen (secondary N) is 2. The molecule has 1 aliphatic rings. The highest BCUT2D eigenvalue weighted by Gasteiger charge is 2.16. The number of hydrogen-bond donors (Lipinski definition) is 2. The zero-order chi connectivity index (χ0) is 20.8. The fourth-order valence-corrected chi connectivity index (χ4v) is 2.84. The van der Waals surface area contributed by atoms with Gasteiger partial charge in [0.1, 0.15) is 24.7 Å². The summed E-state index contributed by atoms with van der Waals surface area (Å²) in [6.07, 6.45) is 2.80. The summed E-state index contributed by atoms with van der Waals surface area (Å²) in [5.41, 5.74) is 5.55. The Balaban J connectivity index is 1.61. The molecule has 2 aromatic rings. The molecular formula is C20H19ClN2O6. The van der Waals surface area contributed by atoms with Gasteiger partial charge in [0, 0.05) is 17.7 Å². The van der Waals surface area contributed by atoms with E-state index in [0.29, 0.717) is 46.8 Å². The first-order valence-electron chi connectivity index (χ1n) is 8.61.